The molecular formula is C12H12O2S. The van der Waals surface area contributed by atoms with Gasteiger partial charge in [0.2, 0.25) is 0 Å². The van der Waals surface area contributed by atoms with Gasteiger partial charge in [-0.25, -0.2) is 0 Å². The second-order valence-corrected chi connectivity index (χ2v) is 4.68. The number of fused-ring (bicyclic) bond motifs is 1. The van der Waals surface area contributed by atoms with Crippen molar-refractivity contribution >= 4 is 27.4 Å². The summed E-state index contributed by atoms with van der Waals surface area (Å²) in [5.41, 5.74) is 0.871. The van der Waals surface area contributed by atoms with E-state index < -0.39 is 5.97 Å². The molecule has 3 heteroatoms. The van der Waals surface area contributed by atoms with E-state index in [2.05, 4.69) is 13.0 Å². The van der Waals surface area contributed by atoms with Gasteiger partial charge in [-0.1, -0.05) is 13.0 Å². The normalized spacial score (nSPS) is 10.7. The van der Waals surface area contributed by atoms with Crippen molar-refractivity contribution in [2.75, 3.05) is 0 Å². The third kappa shape index (κ3) is 2.18. The Morgan fingerprint density at radius 1 is 1.40 bits per heavy atom. The molecular weight excluding hydrogens is 208 g/mol. The average molecular weight is 220 g/mol. The Balaban J connectivity index is 2.41. The highest BCUT2D eigenvalue weighted by atomic mass is 32.1. The fraction of sp³-hybridized carbons (Fsp3) is 0.250. The summed E-state index contributed by atoms with van der Waals surface area (Å²) >= 11 is 1.78. The second kappa shape index (κ2) is 4.03. The lowest BCUT2D eigenvalue weighted by Gasteiger charge is -1.96. The fourth-order valence-electron chi connectivity index (χ4n) is 1.61. The number of hydrogen-bond acceptors (Lipinski definition) is 2. The van der Waals surface area contributed by atoms with Crippen LogP contribution < -0.4 is 0 Å². The molecule has 78 valence electrons. The summed E-state index contributed by atoms with van der Waals surface area (Å²) in [5.74, 6) is -0.778. The van der Waals surface area contributed by atoms with E-state index in [0.717, 1.165) is 17.4 Å². The Kier molecular flexibility index (Phi) is 2.73. The predicted molar refractivity (Wildman–Crippen MR) is 62.5 cm³/mol. The molecule has 1 heterocycles. The molecule has 0 fully saturated rings. The monoisotopic (exact) mass is 220 g/mol. The van der Waals surface area contributed by atoms with Crippen LogP contribution in [-0.4, -0.2) is 11.1 Å². The summed E-state index contributed by atoms with van der Waals surface area (Å²) in [6.45, 7) is 2.13. The van der Waals surface area contributed by atoms with Crippen LogP contribution in [0, 0.1) is 0 Å². The van der Waals surface area contributed by atoms with Crippen molar-refractivity contribution in [2.45, 2.75) is 19.8 Å². The zero-order valence-electron chi connectivity index (χ0n) is 8.49. The molecule has 0 amide bonds. The third-order valence-corrected chi connectivity index (χ3v) is 3.60. The molecule has 1 aromatic carbocycles. The van der Waals surface area contributed by atoms with Crippen LogP contribution in [-0.2, 0) is 17.6 Å². The second-order valence-electron chi connectivity index (χ2n) is 3.51. The van der Waals surface area contributed by atoms with Crippen LogP contribution in [0.2, 0.25) is 0 Å². The summed E-state index contributed by atoms with van der Waals surface area (Å²) in [6.07, 6.45) is 1.14. The van der Waals surface area contributed by atoms with Gasteiger partial charge in [-0.05, 0) is 35.6 Å². The number of thiophene rings is 1. The Hall–Kier alpha value is -1.35. The standard InChI is InChI=1S/C12H12O2S/c1-2-10-7-9-5-8(6-12(13)14)3-4-11(9)15-10/h3-5,7H,2,6H2,1H3,(H,13,14). The molecule has 0 aliphatic carbocycles. The molecule has 0 saturated carbocycles. The van der Waals surface area contributed by atoms with Crippen molar-refractivity contribution in [1.82, 2.24) is 0 Å². The van der Waals surface area contributed by atoms with Crippen LogP contribution in [0.3, 0.4) is 0 Å². The summed E-state index contributed by atoms with van der Waals surface area (Å²) in [7, 11) is 0. The van der Waals surface area contributed by atoms with Crippen LogP contribution in [0.15, 0.2) is 24.3 Å². The molecule has 0 bridgehead atoms. The van der Waals surface area contributed by atoms with Crippen molar-refractivity contribution in [2.24, 2.45) is 0 Å². The summed E-state index contributed by atoms with van der Waals surface area (Å²) in [5, 5.41) is 9.86. The van der Waals surface area contributed by atoms with Gasteiger partial charge < -0.3 is 5.11 Å². The van der Waals surface area contributed by atoms with E-state index in [1.54, 1.807) is 11.3 Å². The smallest absolute Gasteiger partial charge is 0.307 e. The highest BCUT2D eigenvalue weighted by Gasteiger charge is 2.04. The molecule has 0 saturated heterocycles. The average Bonchev–Trinajstić information content (AvgIpc) is 2.58. The third-order valence-electron chi connectivity index (χ3n) is 2.34. The Morgan fingerprint density at radius 2 is 2.20 bits per heavy atom. The van der Waals surface area contributed by atoms with Crippen LogP contribution in [0.25, 0.3) is 10.1 Å². The van der Waals surface area contributed by atoms with Crippen molar-refractivity contribution in [3.05, 3.63) is 34.7 Å². The van der Waals surface area contributed by atoms with E-state index in [4.69, 9.17) is 5.11 Å². The van der Waals surface area contributed by atoms with Gasteiger partial charge in [-0.2, -0.15) is 0 Å². The van der Waals surface area contributed by atoms with Gasteiger partial charge in [0.15, 0.2) is 0 Å². The minimum atomic E-state index is -0.778. The molecule has 0 spiro atoms. The molecule has 2 aromatic rings. The van der Waals surface area contributed by atoms with E-state index in [0.29, 0.717) is 0 Å². The van der Waals surface area contributed by atoms with E-state index in [-0.39, 0.29) is 6.42 Å². The molecule has 2 nitrogen and oxygen atoms in total. The maximum atomic E-state index is 10.6. The Bertz CT molecular complexity index is 499. The van der Waals surface area contributed by atoms with Gasteiger partial charge >= 0.3 is 5.97 Å². The highest BCUT2D eigenvalue weighted by Crippen LogP contribution is 2.26. The Labute approximate surface area is 92.2 Å². The fourth-order valence-corrected chi connectivity index (χ4v) is 2.59. The van der Waals surface area contributed by atoms with Crippen LogP contribution >= 0.6 is 11.3 Å². The van der Waals surface area contributed by atoms with E-state index in [1.807, 2.05) is 18.2 Å². The van der Waals surface area contributed by atoms with Crippen LogP contribution in [0.1, 0.15) is 17.4 Å². The molecule has 0 aliphatic heterocycles. The zero-order chi connectivity index (χ0) is 10.8. The molecule has 0 atom stereocenters. The number of hydrogen-bond donors (Lipinski definition) is 1. The molecule has 0 radical (unpaired) electrons. The molecule has 0 aliphatic rings. The molecule has 15 heavy (non-hydrogen) atoms. The number of carbonyl (C=O) groups is 1. The summed E-state index contributed by atoms with van der Waals surface area (Å²) in [4.78, 5) is 11.9. The number of benzene rings is 1. The number of aliphatic carboxylic acids is 1. The minimum absolute atomic E-state index is 0.104. The predicted octanol–water partition coefficient (Wildman–Crippen LogP) is 3.09. The Morgan fingerprint density at radius 3 is 2.87 bits per heavy atom. The topological polar surface area (TPSA) is 37.3 Å². The van der Waals surface area contributed by atoms with Crippen LogP contribution in [0.4, 0.5) is 0 Å². The number of carboxylic acid groups (broad SMARTS) is 1. The van der Waals surface area contributed by atoms with Crippen molar-refractivity contribution in [3.63, 3.8) is 0 Å². The van der Waals surface area contributed by atoms with Gasteiger partial charge in [0.05, 0.1) is 6.42 Å². The lowest BCUT2D eigenvalue weighted by molar-refractivity contribution is -0.136. The first-order valence-electron chi connectivity index (χ1n) is 4.92. The first kappa shape index (κ1) is 10.2. The lowest BCUT2D eigenvalue weighted by atomic mass is 10.1. The van der Waals surface area contributed by atoms with Gasteiger partial charge in [0.1, 0.15) is 0 Å². The van der Waals surface area contributed by atoms with Crippen molar-refractivity contribution < 1.29 is 9.90 Å². The molecule has 0 unspecified atom stereocenters. The lowest BCUT2D eigenvalue weighted by Crippen LogP contribution is -1.99. The van der Waals surface area contributed by atoms with Gasteiger partial charge in [-0.3, -0.25) is 4.79 Å². The number of aryl methyl sites for hydroxylation is 1. The first-order valence-corrected chi connectivity index (χ1v) is 5.74. The summed E-state index contributed by atoms with van der Waals surface area (Å²) < 4.78 is 1.24. The van der Waals surface area contributed by atoms with Gasteiger partial charge in [0.25, 0.3) is 0 Å². The van der Waals surface area contributed by atoms with Crippen molar-refractivity contribution in [3.8, 4) is 0 Å². The SMILES string of the molecule is CCc1cc2cc(CC(=O)O)ccc2s1. The minimum Gasteiger partial charge on any atom is -0.481 e. The maximum Gasteiger partial charge on any atom is 0.307 e. The molecule has 2 rings (SSSR count). The van der Waals surface area contributed by atoms with Crippen LogP contribution in [0.5, 0.6) is 0 Å². The van der Waals surface area contributed by atoms with Crippen molar-refractivity contribution in [1.29, 1.82) is 0 Å². The number of carboxylic acids is 1. The first-order chi connectivity index (χ1) is 7.19. The van der Waals surface area contributed by atoms with E-state index in [1.165, 1.54) is 9.58 Å². The molecule has 1 aromatic heterocycles. The van der Waals surface area contributed by atoms with E-state index >= 15 is 0 Å². The van der Waals surface area contributed by atoms with Gasteiger partial charge in [0, 0.05) is 9.58 Å². The highest BCUT2D eigenvalue weighted by molar-refractivity contribution is 7.19. The van der Waals surface area contributed by atoms with E-state index in [9.17, 15) is 4.79 Å². The van der Waals surface area contributed by atoms with Gasteiger partial charge in [-0.15, -0.1) is 11.3 Å². The summed E-state index contributed by atoms with van der Waals surface area (Å²) in [6, 6.07) is 8.02. The zero-order valence-corrected chi connectivity index (χ0v) is 9.30. The number of rotatable bonds is 3. The molecule has 1 N–H and O–H groups in total. The quantitative estimate of drug-likeness (QED) is 0.863. The largest absolute Gasteiger partial charge is 0.481 e. The maximum absolute atomic E-state index is 10.6.